The number of urea groups is 1. The lowest BCUT2D eigenvalue weighted by Crippen LogP contribution is -2.39. The third kappa shape index (κ3) is 6.59. The van der Waals surface area contributed by atoms with E-state index < -0.39 is 0 Å². The molecule has 7 heteroatoms. The standard InChI is InChI=1S/C29H30Cl2N4O/c1-34-12-10-23(11-13-34)28(19-35(2)29(36)33-27-16-25(30)15-26(31)17-27)22-8-6-21(7-9-22)24-5-3-4-20(14-24)18-32/h3-9,14-17,23,28H,10-13,19H2,1-2H3,(H,33,36). The molecule has 4 rings (SSSR count). The Hall–Kier alpha value is -3.04. The highest BCUT2D eigenvalue weighted by Crippen LogP contribution is 2.34. The first kappa shape index (κ1) is 26.0. The van der Waals surface area contributed by atoms with E-state index in [1.54, 1.807) is 23.1 Å². The summed E-state index contributed by atoms with van der Waals surface area (Å²) in [6.07, 6.45) is 2.18. The van der Waals surface area contributed by atoms with E-state index in [4.69, 9.17) is 23.2 Å². The van der Waals surface area contributed by atoms with Crippen LogP contribution in [0.1, 0.15) is 29.9 Å². The molecule has 0 aliphatic carbocycles. The lowest BCUT2D eigenvalue weighted by atomic mass is 9.79. The van der Waals surface area contributed by atoms with Crippen molar-refractivity contribution in [2.45, 2.75) is 18.8 Å². The number of nitrogens with one attached hydrogen (secondary N) is 1. The van der Waals surface area contributed by atoms with Crippen LogP contribution in [0, 0.1) is 17.2 Å². The first-order valence-electron chi connectivity index (χ1n) is 12.1. The molecular weight excluding hydrogens is 491 g/mol. The van der Waals surface area contributed by atoms with E-state index in [9.17, 15) is 10.1 Å². The van der Waals surface area contributed by atoms with Gasteiger partial charge in [0.1, 0.15) is 0 Å². The van der Waals surface area contributed by atoms with Gasteiger partial charge < -0.3 is 15.1 Å². The third-order valence-corrected chi connectivity index (χ3v) is 7.36. The Kier molecular flexibility index (Phi) is 8.53. The quantitative estimate of drug-likeness (QED) is 0.376. The summed E-state index contributed by atoms with van der Waals surface area (Å²) >= 11 is 12.2. The molecule has 1 saturated heterocycles. The van der Waals surface area contributed by atoms with Gasteiger partial charge >= 0.3 is 6.03 Å². The number of likely N-dealkylation sites (N-methyl/N-ethyl adjacent to an activating group) is 1. The number of anilines is 1. The van der Waals surface area contributed by atoms with Crippen LogP contribution in [-0.2, 0) is 0 Å². The van der Waals surface area contributed by atoms with Crippen molar-refractivity contribution in [2.24, 2.45) is 5.92 Å². The van der Waals surface area contributed by atoms with Gasteiger partial charge in [0.2, 0.25) is 0 Å². The van der Waals surface area contributed by atoms with Gasteiger partial charge in [0.05, 0.1) is 11.6 Å². The first-order valence-corrected chi connectivity index (χ1v) is 12.8. The number of carbonyl (C=O) groups excluding carboxylic acids is 1. The fourth-order valence-electron chi connectivity index (χ4n) is 4.87. The van der Waals surface area contributed by atoms with Gasteiger partial charge in [-0.25, -0.2) is 4.79 Å². The second kappa shape index (κ2) is 11.8. The van der Waals surface area contributed by atoms with Gasteiger partial charge in [-0.1, -0.05) is 59.6 Å². The number of rotatable bonds is 6. The molecule has 0 saturated carbocycles. The zero-order chi connectivity index (χ0) is 25.7. The van der Waals surface area contributed by atoms with Crippen LogP contribution in [0.5, 0.6) is 0 Å². The number of amides is 2. The van der Waals surface area contributed by atoms with Crippen molar-refractivity contribution in [3.63, 3.8) is 0 Å². The van der Waals surface area contributed by atoms with Crippen LogP contribution in [0.2, 0.25) is 10.0 Å². The van der Waals surface area contributed by atoms with Crippen molar-refractivity contribution in [1.29, 1.82) is 5.26 Å². The van der Waals surface area contributed by atoms with Gasteiger partial charge in [0.15, 0.2) is 0 Å². The summed E-state index contributed by atoms with van der Waals surface area (Å²) in [5, 5.41) is 13.1. The summed E-state index contributed by atoms with van der Waals surface area (Å²) < 4.78 is 0. The summed E-state index contributed by atoms with van der Waals surface area (Å²) in [6, 6.07) is 23.2. The summed E-state index contributed by atoms with van der Waals surface area (Å²) in [4.78, 5) is 17.1. The molecule has 0 bridgehead atoms. The van der Waals surface area contributed by atoms with Gasteiger partial charge in [-0.15, -0.1) is 0 Å². The molecule has 1 aliphatic rings. The van der Waals surface area contributed by atoms with Crippen molar-refractivity contribution in [3.8, 4) is 17.2 Å². The van der Waals surface area contributed by atoms with E-state index in [1.165, 1.54) is 5.56 Å². The van der Waals surface area contributed by atoms with Crippen LogP contribution in [0.3, 0.4) is 0 Å². The Bertz CT molecular complexity index is 1230. The molecule has 0 radical (unpaired) electrons. The molecule has 1 atom stereocenters. The average Bonchev–Trinajstić information content (AvgIpc) is 2.87. The van der Waals surface area contributed by atoms with Crippen molar-refractivity contribution in [1.82, 2.24) is 9.80 Å². The smallest absolute Gasteiger partial charge is 0.321 e. The number of nitriles is 1. The predicted octanol–water partition coefficient (Wildman–Crippen LogP) is 7.12. The summed E-state index contributed by atoms with van der Waals surface area (Å²) in [7, 11) is 3.98. The van der Waals surface area contributed by atoms with Crippen LogP contribution >= 0.6 is 23.2 Å². The fourth-order valence-corrected chi connectivity index (χ4v) is 5.40. The normalized spacial score (nSPS) is 15.2. The predicted molar refractivity (Wildman–Crippen MR) is 148 cm³/mol. The topological polar surface area (TPSA) is 59.4 Å². The Labute approximate surface area is 223 Å². The van der Waals surface area contributed by atoms with E-state index in [-0.39, 0.29) is 11.9 Å². The number of nitrogens with zero attached hydrogens (tertiary/aromatic N) is 3. The maximum Gasteiger partial charge on any atom is 0.321 e. The SMILES string of the molecule is CN1CCC(C(CN(C)C(=O)Nc2cc(Cl)cc(Cl)c2)c2ccc(-c3cccc(C#N)c3)cc2)CC1. The van der Waals surface area contributed by atoms with Crippen LogP contribution in [-0.4, -0.2) is 49.6 Å². The Morgan fingerprint density at radius 3 is 2.36 bits per heavy atom. The van der Waals surface area contributed by atoms with Crippen molar-refractivity contribution < 1.29 is 4.79 Å². The number of carbonyl (C=O) groups is 1. The highest BCUT2D eigenvalue weighted by molar-refractivity contribution is 6.35. The molecule has 3 aromatic rings. The van der Waals surface area contributed by atoms with E-state index in [0.717, 1.165) is 37.1 Å². The molecule has 186 valence electrons. The maximum absolute atomic E-state index is 13.0. The summed E-state index contributed by atoms with van der Waals surface area (Å²) in [5.74, 6) is 0.682. The molecule has 0 spiro atoms. The number of halogens is 2. The lowest BCUT2D eigenvalue weighted by Gasteiger charge is -2.36. The molecule has 1 N–H and O–H groups in total. The van der Waals surface area contributed by atoms with Crippen molar-refractivity contribution in [2.75, 3.05) is 39.0 Å². The second-order valence-electron chi connectivity index (χ2n) is 9.53. The highest BCUT2D eigenvalue weighted by Gasteiger charge is 2.29. The molecule has 3 aromatic carbocycles. The third-order valence-electron chi connectivity index (χ3n) is 6.93. The van der Waals surface area contributed by atoms with Crippen LogP contribution in [0.4, 0.5) is 10.5 Å². The minimum Gasteiger partial charge on any atom is -0.327 e. The number of benzene rings is 3. The molecule has 5 nitrogen and oxygen atoms in total. The number of hydrogen-bond acceptors (Lipinski definition) is 3. The van der Waals surface area contributed by atoms with Crippen molar-refractivity contribution >= 4 is 34.9 Å². The zero-order valence-electron chi connectivity index (χ0n) is 20.5. The number of likely N-dealkylation sites (tertiary alicyclic amines) is 1. The van der Waals surface area contributed by atoms with Crippen molar-refractivity contribution in [3.05, 3.63) is 87.9 Å². The number of hydrogen-bond donors (Lipinski definition) is 1. The Balaban J connectivity index is 1.53. The lowest BCUT2D eigenvalue weighted by molar-refractivity contribution is 0.176. The molecule has 0 aromatic heterocycles. The minimum absolute atomic E-state index is 0.198. The molecule has 2 amide bonds. The molecule has 1 unspecified atom stereocenters. The molecule has 36 heavy (non-hydrogen) atoms. The molecule has 1 aliphatic heterocycles. The monoisotopic (exact) mass is 520 g/mol. The van der Waals surface area contributed by atoms with E-state index in [1.807, 2.05) is 31.3 Å². The Morgan fingerprint density at radius 1 is 1.06 bits per heavy atom. The maximum atomic E-state index is 13.0. The van der Waals surface area contributed by atoms with Gasteiger partial charge in [-0.05, 0) is 85.9 Å². The van der Waals surface area contributed by atoms with Crippen LogP contribution in [0.25, 0.3) is 11.1 Å². The Morgan fingerprint density at radius 2 is 1.72 bits per heavy atom. The average molecular weight is 521 g/mol. The van der Waals surface area contributed by atoms with E-state index >= 15 is 0 Å². The fraction of sp³-hybridized carbons (Fsp3) is 0.310. The van der Waals surface area contributed by atoms with Crippen LogP contribution < -0.4 is 5.32 Å². The second-order valence-corrected chi connectivity index (χ2v) is 10.4. The zero-order valence-corrected chi connectivity index (χ0v) is 22.1. The first-order chi connectivity index (χ1) is 17.3. The van der Waals surface area contributed by atoms with Gasteiger partial charge in [0, 0.05) is 35.2 Å². The van der Waals surface area contributed by atoms with E-state index in [0.29, 0.717) is 33.8 Å². The van der Waals surface area contributed by atoms with Gasteiger partial charge in [-0.3, -0.25) is 0 Å². The van der Waals surface area contributed by atoms with Gasteiger partial charge in [0.25, 0.3) is 0 Å². The minimum atomic E-state index is -0.198. The molecule has 1 fully saturated rings. The van der Waals surface area contributed by atoms with Gasteiger partial charge in [-0.2, -0.15) is 5.26 Å². The highest BCUT2D eigenvalue weighted by atomic mass is 35.5. The van der Waals surface area contributed by atoms with E-state index in [2.05, 4.69) is 47.6 Å². The molecular formula is C29H30Cl2N4O. The van der Waals surface area contributed by atoms with Crippen LogP contribution in [0.15, 0.2) is 66.7 Å². The number of piperidine rings is 1. The molecule has 1 heterocycles. The summed E-state index contributed by atoms with van der Waals surface area (Å²) in [5.41, 5.74) is 4.53. The largest absolute Gasteiger partial charge is 0.327 e. The summed E-state index contributed by atoms with van der Waals surface area (Å²) in [6.45, 7) is 2.70.